The Kier molecular flexibility index (Phi) is 8.47. The number of hydrogen-bond acceptors (Lipinski definition) is 5. The van der Waals surface area contributed by atoms with Crippen molar-refractivity contribution in [1.29, 1.82) is 0 Å². The van der Waals surface area contributed by atoms with Gasteiger partial charge in [0.2, 0.25) is 0 Å². The van der Waals surface area contributed by atoms with Gasteiger partial charge in [0.25, 0.3) is 0 Å². The van der Waals surface area contributed by atoms with E-state index in [4.69, 9.17) is 9.47 Å². The predicted octanol–water partition coefficient (Wildman–Crippen LogP) is 4.04. The molecular weight excluding hydrogens is 346 g/mol. The van der Waals surface area contributed by atoms with E-state index in [1.165, 1.54) is 4.90 Å². The van der Waals surface area contributed by atoms with Crippen LogP contribution in [0.25, 0.3) is 0 Å². The Labute approximate surface area is 161 Å². The van der Waals surface area contributed by atoms with Gasteiger partial charge in [-0.2, -0.15) is 0 Å². The Balaban J connectivity index is 2.91. The van der Waals surface area contributed by atoms with Crippen LogP contribution in [0.1, 0.15) is 62.9 Å². The normalized spacial score (nSPS) is 13.4. The summed E-state index contributed by atoms with van der Waals surface area (Å²) in [5.41, 5.74) is 0.769. The van der Waals surface area contributed by atoms with Crippen molar-refractivity contribution in [3.8, 4) is 0 Å². The van der Waals surface area contributed by atoms with Crippen molar-refractivity contribution >= 4 is 18.3 Å². The molecule has 1 amide bonds. The quantitative estimate of drug-likeness (QED) is 0.505. The summed E-state index contributed by atoms with van der Waals surface area (Å²) in [6.07, 6.45) is 1.07. The van der Waals surface area contributed by atoms with Crippen LogP contribution in [0.5, 0.6) is 0 Å². The summed E-state index contributed by atoms with van der Waals surface area (Å²) in [4.78, 5) is 37.0. The van der Waals surface area contributed by atoms with E-state index in [0.29, 0.717) is 25.1 Å². The van der Waals surface area contributed by atoms with Crippen molar-refractivity contribution in [2.75, 3.05) is 20.2 Å². The molecule has 6 nitrogen and oxygen atoms in total. The molecule has 27 heavy (non-hydrogen) atoms. The van der Waals surface area contributed by atoms with Gasteiger partial charge in [-0.05, 0) is 57.7 Å². The van der Waals surface area contributed by atoms with Crippen molar-refractivity contribution in [3.05, 3.63) is 35.4 Å². The maximum absolute atomic E-state index is 12.1. The average molecular weight is 377 g/mol. The molecule has 0 aliphatic carbocycles. The third kappa shape index (κ3) is 7.41. The number of aldehydes is 1. The lowest BCUT2D eigenvalue weighted by Gasteiger charge is -2.27. The molecule has 0 spiro atoms. The summed E-state index contributed by atoms with van der Waals surface area (Å²) in [5, 5.41) is 0. The van der Waals surface area contributed by atoms with Crippen molar-refractivity contribution in [1.82, 2.24) is 4.90 Å². The number of ether oxygens (including phenoxy) is 2. The smallest absolute Gasteiger partial charge is 0.410 e. The third-order valence-electron chi connectivity index (χ3n) is 4.16. The number of hydrogen-bond donors (Lipinski definition) is 0. The van der Waals surface area contributed by atoms with E-state index < -0.39 is 11.7 Å². The lowest BCUT2D eigenvalue weighted by molar-refractivity contribution is -0.111. The molecule has 150 valence electrons. The van der Waals surface area contributed by atoms with Gasteiger partial charge < -0.3 is 19.2 Å². The second-order valence-corrected chi connectivity index (χ2v) is 7.64. The van der Waals surface area contributed by atoms with Crippen molar-refractivity contribution in [2.24, 2.45) is 5.92 Å². The second kappa shape index (κ2) is 10.1. The highest BCUT2D eigenvalue weighted by molar-refractivity contribution is 5.89. The summed E-state index contributed by atoms with van der Waals surface area (Å²) < 4.78 is 10.4. The van der Waals surface area contributed by atoms with Gasteiger partial charge in [-0.15, -0.1) is 0 Å². The molecule has 1 rings (SSSR count). The molecule has 6 heteroatoms. The maximum atomic E-state index is 12.1. The van der Waals surface area contributed by atoms with Crippen LogP contribution in [-0.4, -0.2) is 49.0 Å². The molecule has 1 aromatic rings. The van der Waals surface area contributed by atoms with Gasteiger partial charge in [0.1, 0.15) is 11.9 Å². The number of nitrogens with zero attached hydrogens (tertiary/aromatic N) is 1. The van der Waals surface area contributed by atoms with Gasteiger partial charge in [0.15, 0.2) is 0 Å². The molecule has 1 aromatic carbocycles. The van der Waals surface area contributed by atoms with Gasteiger partial charge in [0, 0.05) is 19.5 Å². The van der Waals surface area contributed by atoms with Gasteiger partial charge in [-0.1, -0.05) is 19.1 Å². The zero-order valence-electron chi connectivity index (χ0n) is 17.2. The first-order valence-electron chi connectivity index (χ1n) is 9.25. The minimum atomic E-state index is -0.561. The molecule has 0 saturated carbocycles. The van der Waals surface area contributed by atoms with Crippen molar-refractivity contribution in [2.45, 2.75) is 52.6 Å². The molecule has 2 unspecified atom stereocenters. The van der Waals surface area contributed by atoms with E-state index >= 15 is 0 Å². The standard InChI is InChI=1S/C21H31NO5/c1-7-26-19(24)17-10-8-9-16(13-17)18(15(2)14-23)11-12-22(6)20(25)27-21(3,4)5/h8-10,13-15,18H,7,11-12H2,1-6H3. The first-order valence-corrected chi connectivity index (χ1v) is 9.25. The maximum Gasteiger partial charge on any atom is 0.410 e. The zero-order chi connectivity index (χ0) is 20.6. The number of esters is 1. The number of benzene rings is 1. The zero-order valence-corrected chi connectivity index (χ0v) is 17.2. The van der Waals surface area contributed by atoms with Crippen LogP contribution in [0.15, 0.2) is 24.3 Å². The van der Waals surface area contributed by atoms with Gasteiger partial charge in [0.05, 0.1) is 12.2 Å². The van der Waals surface area contributed by atoms with Crippen LogP contribution in [-0.2, 0) is 14.3 Å². The molecule has 0 saturated heterocycles. The van der Waals surface area contributed by atoms with E-state index in [1.807, 2.05) is 33.8 Å². The van der Waals surface area contributed by atoms with Gasteiger partial charge >= 0.3 is 12.1 Å². The molecule has 0 aliphatic heterocycles. The summed E-state index contributed by atoms with van der Waals surface area (Å²) >= 11 is 0. The van der Waals surface area contributed by atoms with E-state index in [-0.39, 0.29) is 17.8 Å². The summed E-state index contributed by atoms with van der Waals surface area (Å²) in [6, 6.07) is 7.12. The van der Waals surface area contributed by atoms with Gasteiger partial charge in [-0.25, -0.2) is 9.59 Å². The number of carbonyl (C=O) groups excluding carboxylic acids is 3. The third-order valence-corrected chi connectivity index (χ3v) is 4.16. The van der Waals surface area contributed by atoms with E-state index in [1.54, 1.807) is 32.2 Å². The van der Waals surface area contributed by atoms with E-state index in [2.05, 4.69) is 0 Å². The van der Waals surface area contributed by atoms with Gasteiger partial charge in [-0.3, -0.25) is 0 Å². The van der Waals surface area contributed by atoms with E-state index in [9.17, 15) is 14.4 Å². The van der Waals surface area contributed by atoms with Crippen LogP contribution >= 0.6 is 0 Å². The molecule has 0 aromatic heterocycles. The summed E-state index contributed by atoms with van der Waals surface area (Å²) in [7, 11) is 1.67. The molecule has 0 radical (unpaired) electrons. The lowest BCUT2D eigenvalue weighted by Crippen LogP contribution is -2.35. The molecule has 0 N–H and O–H groups in total. The minimum absolute atomic E-state index is 0.123. The fourth-order valence-electron chi connectivity index (χ4n) is 2.70. The molecule has 2 atom stereocenters. The van der Waals surface area contributed by atoms with Crippen molar-refractivity contribution in [3.63, 3.8) is 0 Å². The molecule has 0 heterocycles. The highest BCUT2D eigenvalue weighted by atomic mass is 16.6. The first-order chi connectivity index (χ1) is 12.6. The Morgan fingerprint density at radius 2 is 1.93 bits per heavy atom. The predicted molar refractivity (Wildman–Crippen MR) is 104 cm³/mol. The largest absolute Gasteiger partial charge is 0.462 e. The Hall–Kier alpha value is -2.37. The lowest BCUT2D eigenvalue weighted by atomic mass is 9.84. The minimum Gasteiger partial charge on any atom is -0.462 e. The molecule has 0 bridgehead atoms. The first kappa shape index (κ1) is 22.7. The van der Waals surface area contributed by atoms with Crippen molar-refractivity contribution < 1.29 is 23.9 Å². The fourth-order valence-corrected chi connectivity index (χ4v) is 2.70. The van der Waals surface area contributed by atoms with Crippen LogP contribution in [0.4, 0.5) is 4.79 Å². The molecule has 0 fully saturated rings. The fraction of sp³-hybridized carbons (Fsp3) is 0.571. The number of rotatable bonds is 8. The van der Waals surface area contributed by atoms with Crippen LogP contribution < -0.4 is 0 Å². The van der Waals surface area contributed by atoms with Crippen LogP contribution in [0.2, 0.25) is 0 Å². The Morgan fingerprint density at radius 3 is 2.48 bits per heavy atom. The SMILES string of the molecule is CCOC(=O)c1cccc(C(CCN(C)C(=O)OC(C)(C)C)C(C)C=O)c1. The summed E-state index contributed by atoms with van der Waals surface area (Å²) in [5.74, 6) is -0.765. The number of amides is 1. The number of carbonyl (C=O) groups is 3. The van der Waals surface area contributed by atoms with E-state index in [0.717, 1.165) is 11.8 Å². The second-order valence-electron chi connectivity index (χ2n) is 7.64. The van der Waals surface area contributed by atoms with Crippen LogP contribution in [0.3, 0.4) is 0 Å². The average Bonchev–Trinajstić information content (AvgIpc) is 2.60. The molecular formula is C21H31NO5. The highest BCUT2D eigenvalue weighted by Gasteiger charge is 2.24. The molecule has 0 aliphatic rings. The summed E-state index contributed by atoms with van der Waals surface area (Å²) in [6.45, 7) is 9.78. The Bertz CT molecular complexity index is 650. The topological polar surface area (TPSA) is 72.9 Å². The highest BCUT2D eigenvalue weighted by Crippen LogP contribution is 2.28. The monoisotopic (exact) mass is 377 g/mol. The Morgan fingerprint density at radius 1 is 1.26 bits per heavy atom. The van der Waals surface area contributed by atoms with Crippen LogP contribution in [0, 0.1) is 5.92 Å².